The highest BCUT2D eigenvalue weighted by atomic mass is 32.1. The van der Waals surface area contributed by atoms with Gasteiger partial charge in [-0.1, -0.05) is 23.5 Å². The Morgan fingerprint density at radius 3 is 2.39 bits per heavy atom. The molecule has 0 aliphatic rings. The summed E-state index contributed by atoms with van der Waals surface area (Å²) >= 11 is 1.42. The number of carbonyl (C=O) groups is 2. The topological polar surface area (TPSA) is 63.5 Å². The molecule has 1 heterocycles. The first-order valence-electron chi connectivity index (χ1n) is 7.51. The number of benzene rings is 1. The van der Waals surface area contributed by atoms with E-state index in [1.54, 1.807) is 6.92 Å². The molecule has 122 valence electrons. The van der Waals surface area contributed by atoms with Crippen molar-refractivity contribution in [3.8, 4) is 0 Å². The molecule has 1 aromatic carbocycles. The molecule has 0 aliphatic heterocycles. The molecule has 0 bridgehead atoms. The second-order valence-corrected chi connectivity index (χ2v) is 6.27. The van der Waals surface area contributed by atoms with Gasteiger partial charge in [-0.25, -0.2) is 4.99 Å². The van der Waals surface area contributed by atoms with Gasteiger partial charge in [0.2, 0.25) is 5.91 Å². The predicted octanol–water partition coefficient (Wildman–Crippen LogP) is 2.95. The maximum absolute atomic E-state index is 11.7. The van der Waals surface area contributed by atoms with E-state index in [1.165, 1.54) is 18.3 Å². The molecule has 1 N–H and O–H groups in total. The quantitative estimate of drug-likeness (QED) is 0.856. The van der Waals surface area contributed by atoms with Gasteiger partial charge in [-0.3, -0.25) is 9.59 Å². The summed E-state index contributed by atoms with van der Waals surface area (Å²) in [5, 5.41) is 2.76. The van der Waals surface area contributed by atoms with E-state index in [9.17, 15) is 9.59 Å². The molecular formula is C17H21N3O2S. The zero-order valence-electron chi connectivity index (χ0n) is 13.8. The maximum Gasteiger partial charge on any atom is 0.217 e. The van der Waals surface area contributed by atoms with E-state index >= 15 is 0 Å². The SMILES string of the molecule is CCn1c(C)c(C(C)=O)s/c1=N\c1ccc(CNC(C)=O)cc1. The monoisotopic (exact) mass is 331 g/mol. The van der Waals surface area contributed by atoms with Crippen molar-refractivity contribution >= 4 is 28.7 Å². The van der Waals surface area contributed by atoms with Crippen molar-refractivity contribution in [3.05, 3.63) is 45.2 Å². The summed E-state index contributed by atoms with van der Waals surface area (Å²) in [6, 6.07) is 7.72. The molecular weight excluding hydrogens is 310 g/mol. The van der Waals surface area contributed by atoms with E-state index < -0.39 is 0 Å². The largest absolute Gasteiger partial charge is 0.352 e. The Bertz CT molecular complexity index is 785. The Morgan fingerprint density at radius 1 is 1.22 bits per heavy atom. The molecule has 6 heteroatoms. The van der Waals surface area contributed by atoms with Crippen LogP contribution in [0.2, 0.25) is 0 Å². The van der Waals surface area contributed by atoms with Crippen LogP contribution in [0.4, 0.5) is 5.69 Å². The Morgan fingerprint density at radius 2 is 1.87 bits per heavy atom. The lowest BCUT2D eigenvalue weighted by Gasteiger charge is -2.03. The van der Waals surface area contributed by atoms with Crippen LogP contribution < -0.4 is 10.1 Å². The lowest BCUT2D eigenvalue weighted by atomic mass is 10.2. The van der Waals surface area contributed by atoms with E-state index in [1.807, 2.05) is 42.7 Å². The van der Waals surface area contributed by atoms with Crippen LogP contribution in [-0.2, 0) is 17.9 Å². The molecule has 0 unspecified atom stereocenters. The highest BCUT2D eigenvalue weighted by Gasteiger charge is 2.12. The van der Waals surface area contributed by atoms with Crippen molar-refractivity contribution in [2.24, 2.45) is 4.99 Å². The average Bonchev–Trinajstić information content (AvgIpc) is 2.82. The van der Waals surface area contributed by atoms with Crippen LogP contribution in [0.1, 0.15) is 41.7 Å². The van der Waals surface area contributed by atoms with Gasteiger partial charge in [-0.2, -0.15) is 0 Å². The third kappa shape index (κ3) is 4.16. The number of hydrogen-bond donors (Lipinski definition) is 1. The number of nitrogens with zero attached hydrogens (tertiary/aromatic N) is 2. The van der Waals surface area contributed by atoms with Gasteiger partial charge in [0.15, 0.2) is 10.6 Å². The number of amides is 1. The van der Waals surface area contributed by atoms with Crippen LogP contribution in [0.25, 0.3) is 0 Å². The standard InChI is InChI=1S/C17H21N3O2S/c1-5-20-11(2)16(12(3)21)23-17(20)19-15-8-6-14(7-9-15)10-18-13(4)22/h6-9H,5,10H2,1-4H3,(H,18,22)/b19-17-. The maximum atomic E-state index is 11.7. The summed E-state index contributed by atoms with van der Waals surface area (Å²) in [5.41, 5.74) is 2.82. The minimum Gasteiger partial charge on any atom is -0.352 e. The van der Waals surface area contributed by atoms with Crippen LogP contribution in [0.15, 0.2) is 29.3 Å². The van der Waals surface area contributed by atoms with E-state index in [4.69, 9.17) is 0 Å². The summed E-state index contributed by atoms with van der Waals surface area (Å²) in [6.45, 7) is 8.36. The van der Waals surface area contributed by atoms with E-state index in [-0.39, 0.29) is 11.7 Å². The third-order valence-corrected chi connectivity index (χ3v) is 4.78. The number of hydrogen-bond acceptors (Lipinski definition) is 4. The third-order valence-electron chi connectivity index (χ3n) is 3.50. The van der Waals surface area contributed by atoms with Gasteiger partial charge in [0.25, 0.3) is 0 Å². The fourth-order valence-corrected chi connectivity index (χ4v) is 3.41. The van der Waals surface area contributed by atoms with Crippen molar-refractivity contribution in [1.29, 1.82) is 0 Å². The van der Waals surface area contributed by atoms with E-state index in [0.717, 1.165) is 33.2 Å². The van der Waals surface area contributed by atoms with Crippen LogP contribution in [-0.4, -0.2) is 16.3 Å². The summed E-state index contributed by atoms with van der Waals surface area (Å²) < 4.78 is 2.05. The number of rotatable bonds is 5. The van der Waals surface area contributed by atoms with Gasteiger partial charge in [0.05, 0.1) is 10.6 Å². The molecule has 0 saturated heterocycles. The van der Waals surface area contributed by atoms with Gasteiger partial charge in [0, 0.05) is 32.6 Å². The predicted molar refractivity (Wildman–Crippen MR) is 91.9 cm³/mol. The Kier molecular flexibility index (Phi) is 5.50. The zero-order chi connectivity index (χ0) is 17.0. The van der Waals surface area contributed by atoms with Crippen molar-refractivity contribution in [3.63, 3.8) is 0 Å². The van der Waals surface area contributed by atoms with Gasteiger partial charge in [-0.15, -0.1) is 0 Å². The number of nitrogens with one attached hydrogen (secondary N) is 1. The molecule has 2 rings (SSSR count). The smallest absolute Gasteiger partial charge is 0.217 e. The molecule has 0 aliphatic carbocycles. The fourth-order valence-electron chi connectivity index (χ4n) is 2.29. The van der Waals surface area contributed by atoms with Gasteiger partial charge >= 0.3 is 0 Å². The minimum atomic E-state index is -0.0476. The van der Waals surface area contributed by atoms with Crippen molar-refractivity contribution in [2.45, 2.75) is 40.8 Å². The Hall–Kier alpha value is -2.21. The fraction of sp³-hybridized carbons (Fsp3) is 0.353. The van der Waals surface area contributed by atoms with Crippen LogP contribution in [0, 0.1) is 6.92 Å². The first-order chi connectivity index (χ1) is 10.9. The highest BCUT2D eigenvalue weighted by molar-refractivity contribution is 7.11. The molecule has 23 heavy (non-hydrogen) atoms. The lowest BCUT2D eigenvalue weighted by molar-refractivity contribution is -0.119. The lowest BCUT2D eigenvalue weighted by Crippen LogP contribution is -2.18. The second-order valence-electron chi connectivity index (χ2n) is 5.29. The normalized spacial score (nSPS) is 11.6. The van der Waals surface area contributed by atoms with Crippen LogP contribution in [0.3, 0.4) is 0 Å². The van der Waals surface area contributed by atoms with Crippen molar-refractivity contribution in [1.82, 2.24) is 9.88 Å². The van der Waals surface area contributed by atoms with E-state index in [2.05, 4.69) is 10.3 Å². The molecule has 0 spiro atoms. The first-order valence-corrected chi connectivity index (χ1v) is 8.33. The highest BCUT2D eigenvalue weighted by Crippen LogP contribution is 2.16. The number of Topliss-reactive ketones (excluding diaryl/α,β-unsaturated/α-hetero) is 1. The molecule has 5 nitrogen and oxygen atoms in total. The Balaban J connectivity index is 2.33. The summed E-state index contributed by atoms with van der Waals surface area (Å²) in [6.07, 6.45) is 0. The molecule has 2 aromatic rings. The Labute approximate surface area is 139 Å². The molecule has 1 amide bonds. The summed E-state index contributed by atoms with van der Waals surface area (Å²) in [7, 11) is 0. The number of thiazole rings is 1. The summed E-state index contributed by atoms with van der Waals surface area (Å²) in [5.74, 6) is 0.0235. The van der Waals surface area contributed by atoms with Gasteiger partial charge in [0.1, 0.15) is 0 Å². The second kappa shape index (κ2) is 7.37. The minimum absolute atomic E-state index is 0.0476. The van der Waals surface area contributed by atoms with Crippen molar-refractivity contribution in [2.75, 3.05) is 0 Å². The molecule has 0 radical (unpaired) electrons. The number of carbonyl (C=O) groups excluding carboxylic acids is 2. The van der Waals surface area contributed by atoms with Crippen LogP contribution in [0.5, 0.6) is 0 Å². The number of aromatic nitrogens is 1. The van der Waals surface area contributed by atoms with Gasteiger partial charge in [-0.05, 0) is 31.5 Å². The molecule has 0 atom stereocenters. The molecule has 1 aromatic heterocycles. The summed E-state index contributed by atoms with van der Waals surface area (Å²) in [4.78, 5) is 28.9. The molecule has 0 saturated carbocycles. The zero-order valence-corrected chi connectivity index (χ0v) is 14.7. The van der Waals surface area contributed by atoms with Crippen molar-refractivity contribution < 1.29 is 9.59 Å². The molecule has 0 fully saturated rings. The van der Waals surface area contributed by atoms with E-state index in [0.29, 0.717) is 6.54 Å². The van der Waals surface area contributed by atoms with Gasteiger partial charge < -0.3 is 9.88 Å². The van der Waals surface area contributed by atoms with Crippen LogP contribution >= 0.6 is 11.3 Å². The first kappa shape index (κ1) is 17.1. The number of ketones is 1. The average molecular weight is 331 g/mol.